The maximum Gasteiger partial charge on any atom is 0.269 e. The first-order chi connectivity index (χ1) is 14.2. The van der Waals surface area contributed by atoms with Crippen molar-refractivity contribution in [2.75, 3.05) is 0 Å². The fraction of sp³-hybridized carbons (Fsp3) is 0.111. The van der Waals surface area contributed by atoms with Gasteiger partial charge in [-0.3, -0.25) is 29.8 Å². The molecule has 0 spiro atoms. The second-order valence-corrected chi connectivity index (χ2v) is 6.87. The second kappa shape index (κ2) is 8.47. The number of benzene rings is 2. The summed E-state index contributed by atoms with van der Waals surface area (Å²) < 4.78 is 0. The predicted octanol–water partition coefficient (Wildman–Crippen LogP) is 3.71. The van der Waals surface area contributed by atoms with Crippen molar-refractivity contribution in [1.82, 2.24) is 0 Å². The van der Waals surface area contributed by atoms with E-state index in [1.807, 2.05) is 0 Å². The smallest absolute Gasteiger partial charge is 0.269 e. The summed E-state index contributed by atoms with van der Waals surface area (Å²) in [6, 6.07) is 9.97. The van der Waals surface area contributed by atoms with Crippen LogP contribution in [0.2, 0.25) is 0 Å². The van der Waals surface area contributed by atoms with Crippen LogP contribution in [0.5, 0.6) is 0 Å². The summed E-state index contributed by atoms with van der Waals surface area (Å²) >= 11 is 12.2. The largest absolute Gasteiger partial charge is 0.291 e. The SMILES string of the molecule is O=C1C(=Nc2ccc([N+](=O)[O-])cc2)C(Cl)C(=O)C(=Nc2ccc([N+](=O)[O-])cc2)C1Cl. The number of ketones is 2. The first kappa shape index (κ1) is 21.2. The number of hydrogen-bond acceptors (Lipinski definition) is 8. The molecule has 12 heteroatoms. The number of alkyl halides is 2. The summed E-state index contributed by atoms with van der Waals surface area (Å²) in [5.74, 6) is -1.48. The zero-order chi connectivity index (χ0) is 22.0. The molecule has 0 amide bonds. The molecule has 1 aliphatic rings. The minimum atomic E-state index is -1.46. The van der Waals surface area contributed by atoms with Crippen LogP contribution in [0.25, 0.3) is 0 Å². The zero-order valence-electron chi connectivity index (χ0n) is 14.8. The topological polar surface area (TPSA) is 145 Å². The third kappa shape index (κ3) is 4.24. The maximum absolute atomic E-state index is 12.6. The van der Waals surface area contributed by atoms with Crippen LogP contribution < -0.4 is 0 Å². The Hall–Kier alpha value is -3.50. The van der Waals surface area contributed by atoms with Gasteiger partial charge in [-0.05, 0) is 24.3 Å². The highest BCUT2D eigenvalue weighted by Crippen LogP contribution is 2.26. The summed E-state index contributed by atoms with van der Waals surface area (Å²) in [6.45, 7) is 0. The van der Waals surface area contributed by atoms with Crippen molar-refractivity contribution in [3.8, 4) is 0 Å². The molecule has 1 fully saturated rings. The van der Waals surface area contributed by atoms with Crippen molar-refractivity contribution in [2.24, 2.45) is 9.98 Å². The standard InChI is InChI=1S/C18H10Cl2N4O6/c19-13-15(21-9-1-5-11(6-2-9)23(27)28)17(25)14(20)16(18(13)26)22-10-3-7-12(8-4-10)24(29)30/h1-8,13-14H. The molecule has 3 rings (SSSR count). The fourth-order valence-corrected chi connectivity index (χ4v) is 3.09. The lowest BCUT2D eigenvalue weighted by molar-refractivity contribution is -0.385. The molecule has 0 saturated heterocycles. The number of non-ortho nitro benzene ring substituents is 2. The van der Waals surface area contributed by atoms with E-state index in [-0.39, 0.29) is 34.2 Å². The van der Waals surface area contributed by atoms with Crippen molar-refractivity contribution >= 4 is 68.9 Å². The van der Waals surface area contributed by atoms with Gasteiger partial charge in [0.25, 0.3) is 11.4 Å². The quantitative estimate of drug-likeness (QED) is 0.395. The van der Waals surface area contributed by atoms with Gasteiger partial charge in [0.2, 0.25) is 11.6 Å². The van der Waals surface area contributed by atoms with Crippen LogP contribution in [0.4, 0.5) is 22.7 Å². The molecular weight excluding hydrogens is 439 g/mol. The minimum absolute atomic E-state index is 0.167. The van der Waals surface area contributed by atoms with E-state index in [4.69, 9.17) is 23.2 Å². The van der Waals surface area contributed by atoms with Gasteiger partial charge in [-0.2, -0.15) is 0 Å². The number of aliphatic imine (C=N–C) groups is 2. The van der Waals surface area contributed by atoms with Crippen molar-refractivity contribution in [3.63, 3.8) is 0 Å². The number of Topliss-reactive ketones (excluding diaryl/α,β-unsaturated/α-hetero) is 2. The van der Waals surface area contributed by atoms with E-state index in [0.717, 1.165) is 0 Å². The molecule has 0 N–H and O–H groups in total. The molecule has 152 valence electrons. The highest BCUT2D eigenvalue weighted by atomic mass is 35.5. The van der Waals surface area contributed by atoms with Crippen LogP contribution in [0.15, 0.2) is 58.5 Å². The fourth-order valence-electron chi connectivity index (χ4n) is 2.56. The lowest BCUT2D eigenvalue weighted by atomic mass is 9.92. The highest BCUT2D eigenvalue weighted by Gasteiger charge is 2.44. The van der Waals surface area contributed by atoms with Gasteiger partial charge < -0.3 is 0 Å². The number of halogens is 2. The Bertz CT molecular complexity index is 1020. The average Bonchev–Trinajstić information content (AvgIpc) is 2.73. The maximum atomic E-state index is 12.6. The van der Waals surface area contributed by atoms with Crippen LogP contribution in [0.1, 0.15) is 0 Å². The summed E-state index contributed by atoms with van der Waals surface area (Å²) in [4.78, 5) is 53.6. The Morgan fingerprint density at radius 1 is 0.667 bits per heavy atom. The normalized spacial score (nSPS) is 21.8. The third-order valence-electron chi connectivity index (χ3n) is 4.07. The molecule has 30 heavy (non-hydrogen) atoms. The number of rotatable bonds is 4. The molecule has 2 aromatic carbocycles. The van der Waals surface area contributed by atoms with Gasteiger partial charge in [-0.15, -0.1) is 23.2 Å². The molecule has 10 nitrogen and oxygen atoms in total. The van der Waals surface area contributed by atoms with E-state index < -0.39 is 32.2 Å². The van der Waals surface area contributed by atoms with Crippen LogP contribution in [-0.2, 0) is 9.59 Å². The number of carbonyl (C=O) groups excluding carboxylic acids is 2. The van der Waals surface area contributed by atoms with Crippen LogP contribution in [0, 0.1) is 20.2 Å². The molecule has 0 radical (unpaired) electrons. The zero-order valence-corrected chi connectivity index (χ0v) is 16.3. The number of carbonyl (C=O) groups is 2. The van der Waals surface area contributed by atoms with Crippen molar-refractivity contribution < 1.29 is 19.4 Å². The van der Waals surface area contributed by atoms with E-state index in [2.05, 4.69) is 9.98 Å². The molecule has 2 aromatic rings. The van der Waals surface area contributed by atoms with E-state index in [0.29, 0.717) is 0 Å². The van der Waals surface area contributed by atoms with E-state index in [1.54, 1.807) is 0 Å². The van der Waals surface area contributed by atoms with Gasteiger partial charge >= 0.3 is 0 Å². The minimum Gasteiger partial charge on any atom is -0.291 e. The lowest BCUT2D eigenvalue weighted by Gasteiger charge is -2.22. The first-order valence-corrected chi connectivity index (χ1v) is 9.09. The highest BCUT2D eigenvalue weighted by molar-refractivity contribution is 6.79. The molecule has 0 aliphatic heterocycles. The molecule has 1 saturated carbocycles. The number of hydrogen-bond donors (Lipinski definition) is 0. The van der Waals surface area contributed by atoms with Crippen molar-refractivity contribution in [1.29, 1.82) is 0 Å². The van der Waals surface area contributed by atoms with Crippen molar-refractivity contribution in [2.45, 2.75) is 10.8 Å². The first-order valence-electron chi connectivity index (χ1n) is 8.21. The summed E-state index contributed by atoms with van der Waals surface area (Å²) in [5.41, 5.74) is -0.583. The molecule has 2 unspecified atom stereocenters. The van der Waals surface area contributed by atoms with Gasteiger partial charge in [-0.25, -0.2) is 9.98 Å². The third-order valence-corrected chi connectivity index (χ3v) is 4.88. The molecule has 1 aliphatic carbocycles. The van der Waals surface area contributed by atoms with E-state index in [9.17, 15) is 29.8 Å². The Morgan fingerprint density at radius 2 is 0.967 bits per heavy atom. The van der Waals surface area contributed by atoms with Gasteiger partial charge in [0.15, 0.2) is 0 Å². The van der Waals surface area contributed by atoms with Gasteiger partial charge in [0.05, 0.1) is 21.2 Å². The van der Waals surface area contributed by atoms with Crippen LogP contribution in [-0.4, -0.2) is 43.6 Å². The Kier molecular flexibility index (Phi) is 5.99. The van der Waals surface area contributed by atoms with Gasteiger partial charge in [0.1, 0.15) is 22.2 Å². The molecule has 0 heterocycles. The molecular formula is C18H10Cl2N4O6. The second-order valence-electron chi connectivity index (χ2n) is 5.99. The van der Waals surface area contributed by atoms with E-state index in [1.165, 1.54) is 48.5 Å². The molecule has 0 aromatic heterocycles. The summed E-state index contributed by atoms with van der Waals surface area (Å²) in [5, 5.41) is 18.5. The van der Waals surface area contributed by atoms with Crippen LogP contribution in [0.3, 0.4) is 0 Å². The van der Waals surface area contributed by atoms with Crippen molar-refractivity contribution in [3.05, 3.63) is 68.8 Å². The predicted molar refractivity (Wildman–Crippen MR) is 110 cm³/mol. The molecule has 2 atom stereocenters. The summed E-state index contributed by atoms with van der Waals surface area (Å²) in [6.07, 6.45) is 0. The lowest BCUT2D eigenvalue weighted by Crippen LogP contribution is -2.50. The Balaban J connectivity index is 1.91. The van der Waals surface area contributed by atoms with Gasteiger partial charge in [0, 0.05) is 24.3 Å². The average molecular weight is 449 g/mol. The number of nitro groups is 2. The Morgan fingerprint density at radius 3 is 1.23 bits per heavy atom. The van der Waals surface area contributed by atoms with Crippen LogP contribution >= 0.6 is 23.2 Å². The Labute approximate surface area is 178 Å². The molecule has 0 bridgehead atoms. The summed E-state index contributed by atoms with van der Waals surface area (Å²) in [7, 11) is 0. The number of nitro benzene ring substituents is 2. The van der Waals surface area contributed by atoms with E-state index >= 15 is 0 Å². The van der Waals surface area contributed by atoms with Gasteiger partial charge in [-0.1, -0.05) is 0 Å². The number of nitrogens with zero attached hydrogens (tertiary/aromatic N) is 4. The monoisotopic (exact) mass is 448 g/mol.